The smallest absolute Gasteiger partial charge is 0.243 e. The van der Waals surface area contributed by atoms with Crippen LogP contribution in [-0.2, 0) is 16.1 Å². The molecule has 6 heteroatoms. The molecule has 0 radical (unpaired) electrons. The summed E-state index contributed by atoms with van der Waals surface area (Å²) in [5, 5.41) is 9.67. The standard InChI is InChI=1S/C19H25N3O2S/c1-13-6-5-7-14(2)18(13)21-17(23)10-20-19(24)15(3)22(4)11-16-8-9-25-12-16/h5-9,12,15H,10-11H2,1-4H3,(H,20,24)(H,21,23)/t15-/m0/s1. The summed E-state index contributed by atoms with van der Waals surface area (Å²) in [4.78, 5) is 26.4. The molecular formula is C19H25N3O2S. The molecule has 134 valence electrons. The van der Waals surface area contributed by atoms with Crippen LogP contribution in [0.25, 0.3) is 0 Å². The number of thiophene rings is 1. The van der Waals surface area contributed by atoms with Crippen molar-refractivity contribution >= 4 is 28.8 Å². The normalized spacial score (nSPS) is 12.0. The lowest BCUT2D eigenvalue weighted by molar-refractivity contribution is -0.127. The first-order valence-electron chi connectivity index (χ1n) is 8.23. The minimum absolute atomic E-state index is 0.0385. The van der Waals surface area contributed by atoms with Crippen molar-refractivity contribution in [2.75, 3.05) is 18.9 Å². The van der Waals surface area contributed by atoms with Crippen LogP contribution in [0.3, 0.4) is 0 Å². The number of hydrogen-bond acceptors (Lipinski definition) is 4. The molecule has 1 atom stereocenters. The summed E-state index contributed by atoms with van der Waals surface area (Å²) in [6, 6.07) is 7.58. The molecule has 25 heavy (non-hydrogen) atoms. The Morgan fingerprint density at radius 2 is 1.88 bits per heavy atom. The number of anilines is 1. The number of carbonyl (C=O) groups is 2. The molecule has 2 aromatic rings. The summed E-state index contributed by atoms with van der Waals surface area (Å²) in [6.07, 6.45) is 0. The maximum Gasteiger partial charge on any atom is 0.243 e. The summed E-state index contributed by atoms with van der Waals surface area (Å²) in [5.74, 6) is -0.382. The number of likely N-dealkylation sites (N-methyl/N-ethyl adjacent to an activating group) is 1. The molecule has 1 heterocycles. The number of benzene rings is 1. The fourth-order valence-corrected chi connectivity index (χ4v) is 3.18. The van der Waals surface area contributed by atoms with Crippen LogP contribution >= 0.6 is 11.3 Å². The van der Waals surface area contributed by atoms with E-state index in [4.69, 9.17) is 0 Å². The van der Waals surface area contributed by atoms with Crippen molar-refractivity contribution in [3.63, 3.8) is 0 Å². The zero-order valence-electron chi connectivity index (χ0n) is 15.1. The average Bonchev–Trinajstić information content (AvgIpc) is 3.08. The Bertz CT molecular complexity index is 708. The fraction of sp³-hybridized carbons (Fsp3) is 0.368. The first-order valence-corrected chi connectivity index (χ1v) is 9.18. The molecule has 0 spiro atoms. The molecule has 2 amide bonds. The van der Waals surface area contributed by atoms with Gasteiger partial charge in [0.2, 0.25) is 11.8 Å². The monoisotopic (exact) mass is 359 g/mol. The van der Waals surface area contributed by atoms with Crippen molar-refractivity contribution in [1.82, 2.24) is 10.2 Å². The van der Waals surface area contributed by atoms with E-state index >= 15 is 0 Å². The zero-order valence-corrected chi connectivity index (χ0v) is 15.9. The minimum atomic E-state index is -0.312. The van der Waals surface area contributed by atoms with Crippen molar-refractivity contribution in [2.45, 2.75) is 33.4 Å². The second kappa shape index (κ2) is 8.78. The molecule has 0 aliphatic heterocycles. The largest absolute Gasteiger partial charge is 0.346 e. The van der Waals surface area contributed by atoms with Crippen LogP contribution in [0, 0.1) is 13.8 Å². The van der Waals surface area contributed by atoms with Crippen molar-refractivity contribution < 1.29 is 9.59 Å². The number of aryl methyl sites for hydroxylation is 2. The highest BCUT2D eigenvalue weighted by atomic mass is 32.1. The Balaban J connectivity index is 1.83. The molecule has 5 nitrogen and oxygen atoms in total. The van der Waals surface area contributed by atoms with Gasteiger partial charge in [0.1, 0.15) is 0 Å². The maximum absolute atomic E-state index is 12.3. The quantitative estimate of drug-likeness (QED) is 0.799. The number of hydrogen-bond donors (Lipinski definition) is 2. The van der Waals surface area contributed by atoms with E-state index in [1.54, 1.807) is 11.3 Å². The first-order chi connectivity index (χ1) is 11.9. The van der Waals surface area contributed by atoms with Crippen molar-refractivity contribution in [3.05, 3.63) is 51.7 Å². The van der Waals surface area contributed by atoms with Crippen LogP contribution < -0.4 is 10.6 Å². The van der Waals surface area contributed by atoms with E-state index < -0.39 is 0 Å². The molecule has 2 rings (SSSR count). The fourth-order valence-electron chi connectivity index (χ4n) is 2.52. The number of nitrogens with zero attached hydrogens (tertiary/aromatic N) is 1. The van der Waals surface area contributed by atoms with Gasteiger partial charge in [-0.25, -0.2) is 0 Å². The maximum atomic E-state index is 12.3. The first kappa shape index (κ1) is 19.1. The third kappa shape index (κ3) is 5.41. The number of nitrogens with one attached hydrogen (secondary N) is 2. The average molecular weight is 359 g/mol. The van der Waals surface area contributed by atoms with Crippen LogP contribution in [0.15, 0.2) is 35.0 Å². The lowest BCUT2D eigenvalue weighted by Gasteiger charge is -2.23. The topological polar surface area (TPSA) is 61.4 Å². The zero-order chi connectivity index (χ0) is 18.4. The summed E-state index contributed by atoms with van der Waals surface area (Å²) >= 11 is 1.64. The van der Waals surface area contributed by atoms with Crippen LogP contribution in [0.2, 0.25) is 0 Å². The van der Waals surface area contributed by atoms with E-state index in [1.807, 2.05) is 62.4 Å². The van der Waals surface area contributed by atoms with E-state index in [1.165, 1.54) is 5.56 Å². The van der Waals surface area contributed by atoms with Crippen LogP contribution in [-0.4, -0.2) is 36.3 Å². The Labute approximate surface area is 153 Å². The molecule has 0 saturated carbocycles. The van der Waals surface area contributed by atoms with Gasteiger partial charge < -0.3 is 10.6 Å². The number of carbonyl (C=O) groups excluding carboxylic acids is 2. The highest BCUT2D eigenvalue weighted by Gasteiger charge is 2.19. The lowest BCUT2D eigenvalue weighted by Crippen LogP contribution is -2.45. The Morgan fingerprint density at radius 3 is 2.48 bits per heavy atom. The van der Waals surface area contributed by atoms with Gasteiger partial charge in [-0.2, -0.15) is 11.3 Å². The Morgan fingerprint density at radius 1 is 1.20 bits per heavy atom. The van der Waals surface area contributed by atoms with Crippen molar-refractivity contribution in [1.29, 1.82) is 0 Å². The van der Waals surface area contributed by atoms with E-state index in [0.29, 0.717) is 6.54 Å². The molecule has 0 aliphatic rings. The Hall–Kier alpha value is -2.18. The van der Waals surface area contributed by atoms with E-state index in [9.17, 15) is 9.59 Å². The van der Waals surface area contributed by atoms with E-state index in [2.05, 4.69) is 16.0 Å². The second-order valence-electron chi connectivity index (χ2n) is 6.26. The molecule has 0 unspecified atom stereocenters. The van der Waals surface area contributed by atoms with Gasteiger partial charge in [-0.1, -0.05) is 18.2 Å². The number of rotatable bonds is 7. The van der Waals surface area contributed by atoms with Gasteiger partial charge in [-0.15, -0.1) is 0 Å². The van der Waals surface area contributed by atoms with Crippen LogP contribution in [0.5, 0.6) is 0 Å². The molecular weight excluding hydrogens is 334 g/mol. The summed E-state index contributed by atoms with van der Waals surface area (Å²) in [7, 11) is 1.90. The highest BCUT2D eigenvalue weighted by Crippen LogP contribution is 2.19. The molecule has 2 N–H and O–H groups in total. The van der Waals surface area contributed by atoms with Gasteiger partial charge in [-0.3, -0.25) is 14.5 Å². The summed E-state index contributed by atoms with van der Waals surface area (Å²) in [5.41, 5.74) is 4.00. The third-order valence-corrected chi connectivity index (χ3v) is 4.95. The van der Waals surface area contributed by atoms with Gasteiger partial charge in [0, 0.05) is 12.2 Å². The molecule has 0 fully saturated rings. The number of para-hydroxylation sites is 1. The molecule has 1 aromatic carbocycles. The highest BCUT2D eigenvalue weighted by molar-refractivity contribution is 7.07. The van der Waals surface area contributed by atoms with Gasteiger partial charge in [-0.05, 0) is 61.3 Å². The third-order valence-electron chi connectivity index (χ3n) is 4.22. The van der Waals surface area contributed by atoms with Crippen LogP contribution in [0.4, 0.5) is 5.69 Å². The minimum Gasteiger partial charge on any atom is -0.346 e. The van der Waals surface area contributed by atoms with Crippen LogP contribution in [0.1, 0.15) is 23.6 Å². The SMILES string of the molecule is Cc1cccc(C)c1NC(=O)CNC(=O)[C@H](C)N(C)Cc1ccsc1. The number of amides is 2. The van der Waals surface area contributed by atoms with Gasteiger partial charge >= 0.3 is 0 Å². The second-order valence-corrected chi connectivity index (χ2v) is 7.04. The summed E-state index contributed by atoms with van der Waals surface area (Å²) in [6.45, 7) is 6.40. The van der Waals surface area contributed by atoms with E-state index in [0.717, 1.165) is 16.8 Å². The van der Waals surface area contributed by atoms with E-state index in [-0.39, 0.29) is 24.4 Å². The molecule has 0 bridgehead atoms. The molecule has 0 aliphatic carbocycles. The predicted octanol–water partition coefficient (Wildman–Crippen LogP) is 2.94. The predicted molar refractivity (Wildman–Crippen MR) is 103 cm³/mol. The van der Waals surface area contributed by atoms with Gasteiger partial charge in [0.15, 0.2) is 0 Å². The van der Waals surface area contributed by atoms with Gasteiger partial charge in [0.25, 0.3) is 0 Å². The Kier molecular flexibility index (Phi) is 6.73. The van der Waals surface area contributed by atoms with Gasteiger partial charge in [0.05, 0.1) is 12.6 Å². The lowest BCUT2D eigenvalue weighted by atomic mass is 10.1. The van der Waals surface area contributed by atoms with Crippen molar-refractivity contribution in [2.24, 2.45) is 0 Å². The molecule has 0 saturated heterocycles. The molecule has 1 aromatic heterocycles. The summed E-state index contributed by atoms with van der Waals surface area (Å²) < 4.78 is 0. The van der Waals surface area contributed by atoms with Crippen molar-refractivity contribution in [3.8, 4) is 0 Å².